The minimum atomic E-state index is -0.277. The minimum absolute atomic E-state index is 0.00468. The predicted molar refractivity (Wildman–Crippen MR) is 151 cm³/mol. The van der Waals surface area contributed by atoms with Gasteiger partial charge in [-0.2, -0.15) is 0 Å². The Morgan fingerprint density at radius 2 is 1.90 bits per heavy atom. The van der Waals surface area contributed by atoms with Gasteiger partial charge in [0.15, 0.2) is 23.6 Å². The summed E-state index contributed by atoms with van der Waals surface area (Å²) >= 11 is 0. The second-order valence-corrected chi connectivity index (χ2v) is 10.9. The van der Waals surface area contributed by atoms with Gasteiger partial charge in [-0.3, -0.25) is 4.79 Å². The van der Waals surface area contributed by atoms with Crippen LogP contribution in [0.3, 0.4) is 0 Å². The zero-order valence-electron chi connectivity index (χ0n) is 23.3. The second-order valence-electron chi connectivity index (χ2n) is 10.9. The fraction of sp³-hybridized carbons (Fsp3) is 0.567. The largest absolute Gasteiger partial charge is 0.454 e. The third kappa shape index (κ3) is 6.09. The molecular weight excluding hydrogens is 510 g/mol. The van der Waals surface area contributed by atoms with Crippen LogP contribution in [0, 0.1) is 5.92 Å². The van der Waals surface area contributed by atoms with Gasteiger partial charge in [0, 0.05) is 62.8 Å². The van der Waals surface area contributed by atoms with Gasteiger partial charge in [0.2, 0.25) is 12.7 Å². The summed E-state index contributed by atoms with van der Waals surface area (Å²) in [5.41, 5.74) is 2.97. The maximum atomic E-state index is 12.5. The summed E-state index contributed by atoms with van der Waals surface area (Å²) < 4.78 is 24.7. The number of hydrogen-bond donors (Lipinski definition) is 1. The highest BCUT2D eigenvalue weighted by molar-refractivity contribution is 5.96. The number of carbonyl (C=O) groups is 1. The monoisotopic (exact) mass is 549 g/mol. The molecule has 0 spiro atoms. The lowest BCUT2D eigenvalue weighted by atomic mass is 9.97. The topological polar surface area (TPSA) is 100.0 Å². The van der Waals surface area contributed by atoms with E-state index in [4.69, 9.17) is 18.9 Å². The number of rotatable bonds is 11. The summed E-state index contributed by atoms with van der Waals surface area (Å²) in [7, 11) is 0. The Labute approximate surface area is 235 Å². The van der Waals surface area contributed by atoms with Gasteiger partial charge in [-0.15, -0.1) is 0 Å². The first-order chi connectivity index (χ1) is 19.7. The normalized spacial score (nSPS) is 19.4. The first-order valence-corrected chi connectivity index (χ1v) is 14.6. The van der Waals surface area contributed by atoms with Crippen LogP contribution in [0.25, 0.3) is 10.9 Å². The van der Waals surface area contributed by atoms with Crippen molar-refractivity contribution in [2.75, 3.05) is 44.5 Å². The highest BCUT2D eigenvalue weighted by Gasteiger charge is 2.23. The van der Waals surface area contributed by atoms with Crippen molar-refractivity contribution in [3.63, 3.8) is 0 Å². The molecule has 3 aromatic rings. The Morgan fingerprint density at radius 1 is 1.10 bits per heavy atom. The number of carbonyl (C=O) groups excluding carboxylic acids is 1. The summed E-state index contributed by atoms with van der Waals surface area (Å²) in [6.07, 6.45) is 11.4. The van der Waals surface area contributed by atoms with Crippen LogP contribution in [0.1, 0.15) is 61.4 Å². The number of anilines is 1. The van der Waals surface area contributed by atoms with Gasteiger partial charge in [-0.05, 0) is 62.6 Å². The molecule has 1 N–H and O–H groups in total. The number of benzene rings is 1. The Balaban J connectivity index is 0.971. The van der Waals surface area contributed by atoms with Crippen molar-refractivity contribution in [2.45, 2.75) is 64.8 Å². The highest BCUT2D eigenvalue weighted by Crippen LogP contribution is 2.38. The third-order valence-electron chi connectivity index (χ3n) is 8.07. The van der Waals surface area contributed by atoms with E-state index in [0.29, 0.717) is 30.8 Å². The molecule has 214 valence electrons. The number of aromatic nitrogens is 3. The van der Waals surface area contributed by atoms with Gasteiger partial charge in [0.25, 0.3) is 0 Å². The van der Waals surface area contributed by atoms with E-state index in [2.05, 4.69) is 50.0 Å². The number of ether oxygens (including phenoxy) is 4. The maximum Gasteiger partial charge on any atom is 0.231 e. The first-order valence-electron chi connectivity index (χ1n) is 14.6. The molecule has 2 aromatic heterocycles. The van der Waals surface area contributed by atoms with Crippen molar-refractivity contribution in [1.82, 2.24) is 19.9 Å². The van der Waals surface area contributed by atoms with E-state index in [9.17, 15) is 4.79 Å². The van der Waals surface area contributed by atoms with Crippen molar-refractivity contribution in [3.8, 4) is 11.5 Å². The van der Waals surface area contributed by atoms with Crippen molar-refractivity contribution in [3.05, 3.63) is 41.9 Å². The van der Waals surface area contributed by atoms with Crippen molar-refractivity contribution >= 4 is 22.6 Å². The molecule has 1 unspecified atom stereocenters. The standard InChI is InChI=1S/C30H39N5O5/c1-2-8-35-18-23(24-12-27-28(13-25(24)35)40-20-39-27)15-31-14-21-6-9-34(10-7-21)30-32-16-22(17-33-30)26(36)19-38-29-5-3-4-11-37-29/h12-13,16-18,21,29,31H,2-11,14-15,19-20H2,1H3. The Hall–Kier alpha value is -3.21. The van der Waals surface area contributed by atoms with Gasteiger partial charge in [-0.25, -0.2) is 9.97 Å². The maximum absolute atomic E-state index is 12.5. The van der Waals surface area contributed by atoms with E-state index < -0.39 is 0 Å². The fourth-order valence-corrected chi connectivity index (χ4v) is 5.79. The van der Waals surface area contributed by atoms with E-state index in [1.807, 2.05) is 0 Å². The third-order valence-corrected chi connectivity index (χ3v) is 8.07. The van der Waals surface area contributed by atoms with E-state index >= 15 is 0 Å². The molecule has 0 amide bonds. The summed E-state index contributed by atoms with van der Waals surface area (Å²) in [5.74, 6) is 2.83. The molecule has 3 aliphatic rings. The van der Waals surface area contributed by atoms with E-state index in [-0.39, 0.29) is 18.7 Å². The van der Waals surface area contributed by atoms with Crippen LogP contribution in [0.5, 0.6) is 11.5 Å². The molecular formula is C30H39N5O5. The Kier molecular flexibility index (Phi) is 8.45. The number of fused-ring (bicyclic) bond motifs is 2. The molecule has 2 saturated heterocycles. The zero-order valence-corrected chi connectivity index (χ0v) is 23.3. The van der Waals surface area contributed by atoms with E-state index in [1.54, 1.807) is 12.4 Å². The van der Waals surface area contributed by atoms with E-state index in [0.717, 1.165) is 82.7 Å². The van der Waals surface area contributed by atoms with Crippen LogP contribution in [-0.2, 0) is 22.6 Å². The number of hydrogen-bond acceptors (Lipinski definition) is 9. The van der Waals surface area contributed by atoms with Gasteiger partial charge in [0.1, 0.15) is 6.61 Å². The average Bonchev–Trinajstić information content (AvgIpc) is 3.60. The number of aryl methyl sites for hydroxylation is 1. The molecule has 10 nitrogen and oxygen atoms in total. The van der Waals surface area contributed by atoms with Crippen molar-refractivity contribution in [1.29, 1.82) is 0 Å². The number of nitrogens with zero attached hydrogens (tertiary/aromatic N) is 4. The van der Waals surface area contributed by atoms with Crippen LogP contribution in [0.4, 0.5) is 5.95 Å². The molecule has 5 heterocycles. The van der Waals surface area contributed by atoms with Crippen LogP contribution in [0.2, 0.25) is 0 Å². The number of nitrogens with one attached hydrogen (secondary N) is 1. The fourth-order valence-electron chi connectivity index (χ4n) is 5.79. The lowest BCUT2D eigenvalue weighted by molar-refractivity contribution is -0.155. The molecule has 0 saturated carbocycles. The number of ketones is 1. The van der Waals surface area contributed by atoms with Crippen LogP contribution in [0.15, 0.2) is 30.7 Å². The zero-order chi connectivity index (χ0) is 27.3. The van der Waals surface area contributed by atoms with Gasteiger partial charge in [-0.1, -0.05) is 6.92 Å². The molecule has 10 heteroatoms. The van der Waals surface area contributed by atoms with Crippen LogP contribution >= 0.6 is 0 Å². The van der Waals surface area contributed by atoms with Gasteiger partial charge >= 0.3 is 0 Å². The van der Waals surface area contributed by atoms with Crippen molar-refractivity contribution in [2.24, 2.45) is 5.92 Å². The highest BCUT2D eigenvalue weighted by atomic mass is 16.7. The summed E-state index contributed by atoms with van der Waals surface area (Å²) in [5, 5.41) is 4.93. The first kappa shape index (κ1) is 27.0. The lowest BCUT2D eigenvalue weighted by Crippen LogP contribution is -2.38. The summed E-state index contributed by atoms with van der Waals surface area (Å²) in [6.45, 7) is 7.76. The molecule has 0 radical (unpaired) electrons. The van der Waals surface area contributed by atoms with E-state index in [1.165, 1.54) is 16.5 Å². The molecule has 1 atom stereocenters. The molecule has 0 aliphatic carbocycles. The van der Waals surface area contributed by atoms with Crippen molar-refractivity contribution < 1.29 is 23.7 Å². The molecule has 2 fully saturated rings. The lowest BCUT2D eigenvalue weighted by Gasteiger charge is -2.32. The predicted octanol–water partition coefficient (Wildman–Crippen LogP) is 4.30. The summed E-state index contributed by atoms with van der Waals surface area (Å²) in [6, 6.07) is 4.23. The Bertz CT molecular complexity index is 1300. The Morgan fingerprint density at radius 3 is 2.65 bits per heavy atom. The van der Waals surface area contributed by atoms with Crippen LogP contribution < -0.4 is 19.7 Å². The van der Waals surface area contributed by atoms with Gasteiger partial charge < -0.3 is 33.7 Å². The molecule has 40 heavy (non-hydrogen) atoms. The number of piperidine rings is 1. The molecule has 1 aromatic carbocycles. The minimum Gasteiger partial charge on any atom is -0.454 e. The summed E-state index contributed by atoms with van der Waals surface area (Å²) in [4.78, 5) is 23.7. The molecule has 6 rings (SSSR count). The SMILES string of the molecule is CCCn1cc(CNCC2CCN(c3ncc(C(=O)COC4CCCCO4)cn3)CC2)c2cc3c(cc21)OCO3. The quantitative estimate of drug-likeness (QED) is 0.351. The molecule has 3 aliphatic heterocycles. The smallest absolute Gasteiger partial charge is 0.231 e. The number of Topliss-reactive ketones (excluding diaryl/α,β-unsaturated/α-hetero) is 1. The average molecular weight is 550 g/mol. The second kappa shape index (κ2) is 12.5. The van der Waals surface area contributed by atoms with Crippen LogP contribution in [-0.4, -0.2) is 66.2 Å². The van der Waals surface area contributed by atoms with Gasteiger partial charge in [0.05, 0.1) is 11.1 Å². The molecule has 0 bridgehead atoms.